The average Bonchev–Trinajstić information content (AvgIpc) is 2.74. The Labute approximate surface area is 188 Å². The molecule has 0 amide bonds. The molecule has 3 aromatic carbocycles. The summed E-state index contributed by atoms with van der Waals surface area (Å²) in [6.07, 6.45) is 3.54. The highest BCUT2D eigenvalue weighted by Gasteiger charge is 2.26. The molecule has 1 saturated heterocycles. The summed E-state index contributed by atoms with van der Waals surface area (Å²) in [6, 6.07) is 18.3. The van der Waals surface area contributed by atoms with E-state index in [0.717, 1.165) is 70.6 Å². The highest BCUT2D eigenvalue weighted by Crippen LogP contribution is 2.44. The number of halogens is 2. The van der Waals surface area contributed by atoms with E-state index >= 15 is 0 Å². The maximum atomic E-state index is 10.3. The van der Waals surface area contributed by atoms with Crippen molar-refractivity contribution in [2.45, 2.75) is 33.1 Å². The summed E-state index contributed by atoms with van der Waals surface area (Å²) in [5, 5.41) is 11.7. The van der Waals surface area contributed by atoms with E-state index in [0.29, 0.717) is 10.0 Å². The number of benzene rings is 3. The van der Waals surface area contributed by atoms with Gasteiger partial charge in [0.1, 0.15) is 6.07 Å². The Morgan fingerprint density at radius 3 is 1.90 bits per heavy atom. The molecule has 0 unspecified atom stereocenters. The van der Waals surface area contributed by atoms with Crippen molar-refractivity contribution >= 4 is 28.9 Å². The van der Waals surface area contributed by atoms with Crippen molar-refractivity contribution in [1.29, 1.82) is 5.26 Å². The van der Waals surface area contributed by atoms with E-state index in [2.05, 4.69) is 30.9 Å². The molecule has 2 nitrogen and oxygen atoms in total. The molecule has 0 radical (unpaired) electrons. The molecule has 1 aliphatic rings. The van der Waals surface area contributed by atoms with Gasteiger partial charge in [0, 0.05) is 28.7 Å². The van der Waals surface area contributed by atoms with Gasteiger partial charge in [-0.1, -0.05) is 47.5 Å². The lowest BCUT2D eigenvalue weighted by Crippen LogP contribution is -2.31. The van der Waals surface area contributed by atoms with Crippen molar-refractivity contribution in [2.24, 2.45) is 0 Å². The second kappa shape index (κ2) is 8.72. The molecule has 0 bridgehead atoms. The van der Waals surface area contributed by atoms with Crippen LogP contribution in [-0.4, -0.2) is 13.1 Å². The highest BCUT2D eigenvalue weighted by molar-refractivity contribution is 6.31. The molecule has 1 fully saturated rings. The van der Waals surface area contributed by atoms with Gasteiger partial charge in [-0.3, -0.25) is 0 Å². The summed E-state index contributed by atoms with van der Waals surface area (Å²) in [5.41, 5.74) is 8.15. The normalized spacial score (nSPS) is 13.9. The van der Waals surface area contributed by atoms with E-state index in [1.54, 1.807) is 0 Å². The maximum Gasteiger partial charge on any atom is 0.102 e. The highest BCUT2D eigenvalue weighted by atomic mass is 35.5. The molecular weight excluding hydrogens is 411 g/mol. The molecule has 1 heterocycles. The van der Waals surface area contributed by atoms with Crippen LogP contribution >= 0.6 is 23.2 Å². The van der Waals surface area contributed by atoms with Crippen molar-refractivity contribution in [1.82, 2.24) is 0 Å². The van der Waals surface area contributed by atoms with Crippen LogP contribution in [0, 0.1) is 25.2 Å². The molecule has 0 spiro atoms. The number of nitrogens with zero attached hydrogens (tertiary/aromatic N) is 2. The minimum atomic E-state index is 0.667. The molecule has 152 valence electrons. The Morgan fingerprint density at radius 1 is 0.800 bits per heavy atom. The summed E-state index contributed by atoms with van der Waals surface area (Å²) < 4.78 is 0. The Bertz CT molecular complexity index is 1140. The van der Waals surface area contributed by atoms with Crippen LogP contribution in [0.3, 0.4) is 0 Å². The van der Waals surface area contributed by atoms with Gasteiger partial charge in [-0.05, 0) is 85.2 Å². The minimum absolute atomic E-state index is 0.667. The first-order valence-corrected chi connectivity index (χ1v) is 11.1. The van der Waals surface area contributed by atoms with Gasteiger partial charge in [-0.25, -0.2) is 0 Å². The van der Waals surface area contributed by atoms with Crippen LogP contribution in [-0.2, 0) is 0 Å². The van der Waals surface area contributed by atoms with Crippen LogP contribution in [0.1, 0.15) is 36.0 Å². The molecule has 0 aliphatic carbocycles. The Balaban J connectivity index is 2.08. The fourth-order valence-corrected chi connectivity index (χ4v) is 5.10. The molecule has 4 rings (SSSR count). The van der Waals surface area contributed by atoms with Gasteiger partial charge in [0.15, 0.2) is 0 Å². The third kappa shape index (κ3) is 3.81. The third-order valence-electron chi connectivity index (χ3n) is 5.98. The average molecular weight is 435 g/mol. The second-order valence-electron chi connectivity index (χ2n) is 7.90. The van der Waals surface area contributed by atoms with Crippen LogP contribution in [0.5, 0.6) is 0 Å². The largest absolute Gasteiger partial charge is 0.370 e. The fraction of sp³-hybridized carbons (Fsp3) is 0.269. The summed E-state index contributed by atoms with van der Waals surface area (Å²) in [7, 11) is 0. The lowest BCUT2D eigenvalue weighted by Gasteiger charge is -2.33. The Kier molecular flexibility index (Phi) is 6.04. The summed E-state index contributed by atoms with van der Waals surface area (Å²) in [4.78, 5) is 2.39. The van der Waals surface area contributed by atoms with E-state index < -0.39 is 0 Å². The van der Waals surface area contributed by atoms with Gasteiger partial charge in [0.05, 0.1) is 11.3 Å². The lowest BCUT2D eigenvalue weighted by atomic mass is 9.84. The van der Waals surface area contributed by atoms with Gasteiger partial charge < -0.3 is 4.90 Å². The van der Waals surface area contributed by atoms with E-state index in [-0.39, 0.29) is 0 Å². The van der Waals surface area contributed by atoms with Gasteiger partial charge in [0.25, 0.3) is 0 Å². The van der Waals surface area contributed by atoms with E-state index in [1.807, 2.05) is 42.5 Å². The van der Waals surface area contributed by atoms with E-state index in [1.165, 1.54) is 6.42 Å². The number of nitriles is 1. The van der Waals surface area contributed by atoms with Gasteiger partial charge >= 0.3 is 0 Å². The smallest absolute Gasteiger partial charge is 0.102 e. The number of anilines is 1. The third-order valence-corrected chi connectivity index (χ3v) is 6.45. The standard InChI is InChI=1S/C26H24Cl2N2/c1-17-24(19-8-6-10-21(27)14-19)18(2)26(30-12-4-3-5-13-30)23(16-29)25(17)20-9-7-11-22(28)15-20/h6-11,14-15H,3-5,12-13H2,1-2H3. The zero-order chi connectivity index (χ0) is 21.3. The van der Waals surface area contributed by atoms with Gasteiger partial charge in [0.2, 0.25) is 0 Å². The van der Waals surface area contributed by atoms with Crippen LogP contribution in [0.2, 0.25) is 10.0 Å². The molecule has 4 heteroatoms. The van der Waals surface area contributed by atoms with Crippen molar-refractivity contribution in [3.8, 4) is 28.3 Å². The predicted octanol–water partition coefficient (Wildman–Crippen LogP) is 7.81. The van der Waals surface area contributed by atoms with Crippen LogP contribution in [0.4, 0.5) is 5.69 Å². The van der Waals surface area contributed by atoms with Crippen molar-refractivity contribution in [3.05, 3.63) is 75.3 Å². The molecule has 0 saturated carbocycles. The molecule has 1 aliphatic heterocycles. The zero-order valence-corrected chi connectivity index (χ0v) is 18.8. The summed E-state index contributed by atoms with van der Waals surface area (Å²) in [5.74, 6) is 0. The van der Waals surface area contributed by atoms with Gasteiger partial charge in [-0.15, -0.1) is 0 Å². The van der Waals surface area contributed by atoms with Crippen molar-refractivity contribution < 1.29 is 0 Å². The summed E-state index contributed by atoms with van der Waals surface area (Å²) >= 11 is 12.7. The molecule has 30 heavy (non-hydrogen) atoms. The Morgan fingerprint density at radius 2 is 1.37 bits per heavy atom. The first-order chi connectivity index (χ1) is 14.5. The number of hydrogen-bond acceptors (Lipinski definition) is 2. The first kappa shape index (κ1) is 20.8. The number of rotatable bonds is 3. The Hall–Kier alpha value is -2.47. The molecule has 0 N–H and O–H groups in total. The first-order valence-electron chi connectivity index (χ1n) is 10.4. The topological polar surface area (TPSA) is 27.0 Å². The quantitative estimate of drug-likeness (QED) is 0.420. The lowest BCUT2D eigenvalue weighted by molar-refractivity contribution is 0.577. The summed E-state index contributed by atoms with van der Waals surface area (Å²) in [6.45, 7) is 6.18. The van der Waals surface area contributed by atoms with Crippen LogP contribution in [0.25, 0.3) is 22.3 Å². The van der Waals surface area contributed by atoms with E-state index in [9.17, 15) is 5.26 Å². The van der Waals surface area contributed by atoms with Crippen LogP contribution < -0.4 is 4.90 Å². The van der Waals surface area contributed by atoms with Crippen LogP contribution in [0.15, 0.2) is 48.5 Å². The second-order valence-corrected chi connectivity index (χ2v) is 8.78. The van der Waals surface area contributed by atoms with E-state index in [4.69, 9.17) is 23.2 Å². The molecular formula is C26H24Cl2N2. The maximum absolute atomic E-state index is 10.3. The minimum Gasteiger partial charge on any atom is -0.370 e. The molecule has 0 atom stereocenters. The SMILES string of the molecule is Cc1c(-c2cccc(Cl)c2)c(C)c(N2CCCCC2)c(C#N)c1-c1cccc(Cl)c1. The monoisotopic (exact) mass is 434 g/mol. The molecule has 3 aromatic rings. The number of piperidine rings is 1. The zero-order valence-electron chi connectivity index (χ0n) is 17.3. The van der Waals surface area contributed by atoms with Gasteiger partial charge in [-0.2, -0.15) is 5.26 Å². The van der Waals surface area contributed by atoms with Crippen molar-refractivity contribution in [2.75, 3.05) is 18.0 Å². The predicted molar refractivity (Wildman–Crippen MR) is 128 cm³/mol. The fourth-order valence-electron chi connectivity index (χ4n) is 4.72. The van der Waals surface area contributed by atoms with Crippen molar-refractivity contribution in [3.63, 3.8) is 0 Å². The molecule has 0 aromatic heterocycles. The number of hydrogen-bond donors (Lipinski definition) is 0.